The second-order valence-electron chi connectivity index (χ2n) is 6.65. The summed E-state index contributed by atoms with van der Waals surface area (Å²) in [6, 6.07) is 4.37. The highest BCUT2D eigenvalue weighted by atomic mass is 19.1. The molecule has 0 unspecified atom stereocenters. The average Bonchev–Trinajstić information content (AvgIpc) is 2.84. The first-order chi connectivity index (χ1) is 11.9. The van der Waals surface area contributed by atoms with Crippen LogP contribution in [0.25, 0.3) is 0 Å². The molecule has 1 heterocycles. The number of aryl methyl sites for hydroxylation is 1. The molecular formula is C19H28FN3O2. The Morgan fingerprint density at radius 2 is 2.00 bits per heavy atom. The summed E-state index contributed by atoms with van der Waals surface area (Å²) in [5.41, 5.74) is 1.02. The van der Waals surface area contributed by atoms with Gasteiger partial charge in [-0.15, -0.1) is 0 Å². The third-order valence-electron chi connectivity index (χ3n) is 4.71. The fourth-order valence-corrected chi connectivity index (χ4v) is 3.03. The summed E-state index contributed by atoms with van der Waals surface area (Å²) < 4.78 is 13.6. The van der Waals surface area contributed by atoms with Crippen LogP contribution in [0.4, 0.5) is 10.1 Å². The third-order valence-corrected chi connectivity index (χ3v) is 4.71. The highest BCUT2D eigenvalue weighted by molar-refractivity contribution is 5.94. The van der Waals surface area contributed by atoms with Crippen molar-refractivity contribution in [1.82, 2.24) is 9.80 Å². The molecule has 1 atom stereocenters. The maximum absolute atomic E-state index is 13.6. The van der Waals surface area contributed by atoms with Gasteiger partial charge in [-0.3, -0.25) is 14.5 Å². The number of amides is 2. The Hall–Kier alpha value is -1.95. The molecule has 0 aromatic heterocycles. The number of nitrogens with zero attached hydrogens (tertiary/aromatic N) is 2. The molecule has 1 aliphatic rings. The molecule has 1 aromatic carbocycles. The van der Waals surface area contributed by atoms with Crippen LogP contribution in [0.3, 0.4) is 0 Å². The van der Waals surface area contributed by atoms with Crippen LogP contribution >= 0.6 is 0 Å². The Balaban J connectivity index is 1.92. The molecule has 0 bridgehead atoms. The molecule has 2 rings (SSSR count). The number of carbonyl (C=O) groups excluding carboxylic acids is 2. The van der Waals surface area contributed by atoms with Crippen molar-refractivity contribution in [3.8, 4) is 0 Å². The SMILES string of the molecule is CCCC(=O)N1CCCN([C@H](C)C(=O)Nc2ccc(C)c(F)c2)CC1. The lowest BCUT2D eigenvalue weighted by Crippen LogP contribution is -2.44. The van der Waals surface area contributed by atoms with E-state index in [4.69, 9.17) is 0 Å². The molecule has 1 N–H and O–H groups in total. The lowest BCUT2D eigenvalue weighted by molar-refractivity contribution is -0.131. The Morgan fingerprint density at radius 3 is 2.68 bits per heavy atom. The van der Waals surface area contributed by atoms with E-state index in [0.717, 1.165) is 25.9 Å². The normalized spacial score (nSPS) is 17.0. The maximum Gasteiger partial charge on any atom is 0.241 e. The van der Waals surface area contributed by atoms with E-state index < -0.39 is 0 Å². The number of anilines is 1. The molecule has 1 aliphatic heterocycles. The van der Waals surface area contributed by atoms with Gasteiger partial charge in [-0.2, -0.15) is 0 Å². The zero-order chi connectivity index (χ0) is 18.4. The molecular weight excluding hydrogens is 321 g/mol. The summed E-state index contributed by atoms with van der Waals surface area (Å²) in [5, 5.41) is 2.78. The van der Waals surface area contributed by atoms with Crippen LogP contribution in [-0.4, -0.2) is 53.8 Å². The molecule has 6 heteroatoms. The summed E-state index contributed by atoms with van der Waals surface area (Å²) in [4.78, 5) is 28.5. The standard InChI is InChI=1S/C19H28FN3O2/c1-4-6-18(24)23-10-5-9-22(11-12-23)15(3)19(25)21-16-8-7-14(2)17(20)13-16/h7-8,13,15H,4-6,9-12H2,1-3H3,(H,21,25)/t15-/m1/s1. The molecule has 1 aromatic rings. The van der Waals surface area contributed by atoms with E-state index in [1.165, 1.54) is 6.07 Å². The summed E-state index contributed by atoms with van der Waals surface area (Å²) in [5.74, 6) is -0.293. The highest BCUT2D eigenvalue weighted by Gasteiger charge is 2.25. The van der Waals surface area contributed by atoms with Crippen molar-refractivity contribution in [2.75, 3.05) is 31.5 Å². The fraction of sp³-hybridized carbons (Fsp3) is 0.579. The van der Waals surface area contributed by atoms with E-state index in [0.29, 0.717) is 30.8 Å². The molecule has 1 fully saturated rings. The second kappa shape index (κ2) is 8.94. The van der Waals surface area contributed by atoms with Gasteiger partial charge in [0.25, 0.3) is 0 Å². The minimum Gasteiger partial charge on any atom is -0.341 e. The van der Waals surface area contributed by atoms with E-state index in [-0.39, 0.29) is 23.7 Å². The second-order valence-corrected chi connectivity index (χ2v) is 6.65. The van der Waals surface area contributed by atoms with Crippen molar-refractivity contribution in [3.63, 3.8) is 0 Å². The molecule has 25 heavy (non-hydrogen) atoms. The molecule has 0 spiro atoms. The van der Waals surface area contributed by atoms with Gasteiger partial charge >= 0.3 is 0 Å². The predicted octanol–water partition coefficient (Wildman–Crippen LogP) is 2.80. The van der Waals surface area contributed by atoms with Crippen molar-refractivity contribution in [2.24, 2.45) is 0 Å². The predicted molar refractivity (Wildman–Crippen MR) is 96.9 cm³/mol. The lowest BCUT2D eigenvalue weighted by Gasteiger charge is -2.27. The van der Waals surface area contributed by atoms with Gasteiger partial charge in [-0.05, 0) is 44.4 Å². The first-order valence-electron chi connectivity index (χ1n) is 9.01. The van der Waals surface area contributed by atoms with Crippen molar-refractivity contribution in [3.05, 3.63) is 29.6 Å². The number of halogens is 1. The minimum atomic E-state index is -0.328. The van der Waals surface area contributed by atoms with Gasteiger partial charge in [0.2, 0.25) is 11.8 Å². The topological polar surface area (TPSA) is 52.7 Å². The summed E-state index contributed by atoms with van der Waals surface area (Å²) >= 11 is 0. The van der Waals surface area contributed by atoms with Crippen molar-refractivity contribution < 1.29 is 14.0 Å². The van der Waals surface area contributed by atoms with Gasteiger partial charge in [0.15, 0.2) is 0 Å². The average molecular weight is 349 g/mol. The van der Waals surface area contributed by atoms with Gasteiger partial charge in [0.05, 0.1) is 6.04 Å². The van der Waals surface area contributed by atoms with E-state index in [9.17, 15) is 14.0 Å². The van der Waals surface area contributed by atoms with Gasteiger partial charge < -0.3 is 10.2 Å². The van der Waals surface area contributed by atoms with Crippen molar-refractivity contribution in [2.45, 2.75) is 46.1 Å². The Labute approximate surface area is 149 Å². The third kappa shape index (κ3) is 5.26. The number of hydrogen-bond acceptors (Lipinski definition) is 3. The summed E-state index contributed by atoms with van der Waals surface area (Å²) in [6.45, 7) is 8.37. The van der Waals surface area contributed by atoms with Crippen LogP contribution in [0.2, 0.25) is 0 Å². The van der Waals surface area contributed by atoms with Crippen molar-refractivity contribution >= 4 is 17.5 Å². The summed E-state index contributed by atoms with van der Waals surface area (Å²) in [6.07, 6.45) is 2.28. The molecule has 0 saturated carbocycles. The van der Waals surface area contributed by atoms with Crippen LogP contribution in [0.1, 0.15) is 38.7 Å². The maximum atomic E-state index is 13.6. The number of rotatable bonds is 5. The first-order valence-corrected chi connectivity index (χ1v) is 9.01. The Bertz CT molecular complexity index is 621. The Morgan fingerprint density at radius 1 is 1.24 bits per heavy atom. The smallest absolute Gasteiger partial charge is 0.241 e. The van der Waals surface area contributed by atoms with E-state index in [2.05, 4.69) is 10.2 Å². The largest absolute Gasteiger partial charge is 0.341 e. The van der Waals surface area contributed by atoms with E-state index in [1.54, 1.807) is 19.1 Å². The van der Waals surface area contributed by atoms with Crippen LogP contribution in [0, 0.1) is 12.7 Å². The minimum absolute atomic E-state index is 0.156. The molecule has 138 valence electrons. The van der Waals surface area contributed by atoms with Gasteiger partial charge in [-0.1, -0.05) is 13.0 Å². The molecule has 0 aliphatic carbocycles. The van der Waals surface area contributed by atoms with Crippen molar-refractivity contribution in [1.29, 1.82) is 0 Å². The molecule has 5 nitrogen and oxygen atoms in total. The number of benzene rings is 1. The molecule has 2 amide bonds. The number of hydrogen-bond donors (Lipinski definition) is 1. The zero-order valence-corrected chi connectivity index (χ0v) is 15.3. The van der Waals surface area contributed by atoms with Crippen LogP contribution in [0.5, 0.6) is 0 Å². The lowest BCUT2D eigenvalue weighted by atomic mass is 10.2. The van der Waals surface area contributed by atoms with E-state index in [1.807, 2.05) is 18.7 Å². The van der Waals surface area contributed by atoms with Gasteiger partial charge in [0, 0.05) is 38.3 Å². The van der Waals surface area contributed by atoms with E-state index >= 15 is 0 Å². The monoisotopic (exact) mass is 349 g/mol. The molecule has 0 radical (unpaired) electrons. The van der Waals surface area contributed by atoms with Gasteiger partial charge in [0.1, 0.15) is 5.82 Å². The number of carbonyl (C=O) groups is 2. The highest BCUT2D eigenvalue weighted by Crippen LogP contribution is 2.15. The summed E-state index contributed by atoms with van der Waals surface area (Å²) in [7, 11) is 0. The number of nitrogens with one attached hydrogen (secondary N) is 1. The van der Waals surface area contributed by atoms with Crippen LogP contribution in [-0.2, 0) is 9.59 Å². The van der Waals surface area contributed by atoms with Crippen LogP contribution < -0.4 is 5.32 Å². The fourth-order valence-electron chi connectivity index (χ4n) is 3.03. The van der Waals surface area contributed by atoms with Crippen LogP contribution in [0.15, 0.2) is 18.2 Å². The zero-order valence-electron chi connectivity index (χ0n) is 15.3. The quantitative estimate of drug-likeness (QED) is 0.889. The van der Waals surface area contributed by atoms with Gasteiger partial charge in [-0.25, -0.2) is 4.39 Å². The molecule has 1 saturated heterocycles. The first kappa shape index (κ1) is 19.4. The Kier molecular flexibility index (Phi) is 6.93.